The van der Waals surface area contributed by atoms with Gasteiger partial charge in [-0.2, -0.15) is 0 Å². The van der Waals surface area contributed by atoms with Crippen LogP contribution < -0.4 is 5.46 Å². The van der Waals surface area contributed by atoms with Gasteiger partial charge < -0.3 is 24.4 Å². The molecule has 0 bridgehead atoms. The Balaban J connectivity index is 2.03. The predicted molar refractivity (Wildman–Crippen MR) is 115 cm³/mol. The van der Waals surface area contributed by atoms with Crippen molar-refractivity contribution in [2.24, 2.45) is 0 Å². The first-order valence-corrected chi connectivity index (χ1v) is 10.4. The topological polar surface area (TPSA) is 79.2 Å². The van der Waals surface area contributed by atoms with E-state index in [0.717, 1.165) is 18.4 Å². The summed E-state index contributed by atoms with van der Waals surface area (Å²) < 4.78 is 11.2. The fraction of sp³-hybridized carbons (Fsp3) is 0.682. The molecule has 1 saturated heterocycles. The second kappa shape index (κ2) is 8.66. The van der Waals surface area contributed by atoms with Gasteiger partial charge in [0, 0.05) is 19.0 Å². The number of carbonyl (C=O) groups excluding carboxylic acids is 1. The van der Waals surface area contributed by atoms with E-state index in [1.165, 1.54) is 0 Å². The van der Waals surface area contributed by atoms with E-state index < -0.39 is 23.9 Å². The van der Waals surface area contributed by atoms with Crippen molar-refractivity contribution in [2.45, 2.75) is 84.0 Å². The van der Waals surface area contributed by atoms with E-state index in [-0.39, 0.29) is 12.0 Å². The molecule has 6 nitrogen and oxygen atoms in total. The standard InChI is InChI=1S/C22H36BNO5/c1-20(2,3)28-19(25)24-14-8-9-17(15-24)16-10-12-18(13-11-16)23(27)29-22(6,7)21(4,5)26/h10-13,17,26-27H,8-9,14-15H2,1-7H3. The SMILES string of the molecule is CC(C)(C)OC(=O)N1CCCC(c2ccc(B(O)OC(C)(C)C(C)(C)O)cc2)C1. The number of ether oxygens (including phenoxy) is 1. The molecular formula is C22H36BNO5. The number of amides is 1. The molecule has 0 aromatic heterocycles. The van der Waals surface area contributed by atoms with Crippen molar-refractivity contribution in [3.63, 3.8) is 0 Å². The summed E-state index contributed by atoms with van der Waals surface area (Å²) in [6, 6.07) is 7.63. The quantitative estimate of drug-likeness (QED) is 0.737. The molecule has 29 heavy (non-hydrogen) atoms. The number of likely N-dealkylation sites (tertiary alicyclic amines) is 1. The fourth-order valence-corrected chi connectivity index (χ4v) is 3.17. The monoisotopic (exact) mass is 405 g/mol. The maximum absolute atomic E-state index is 12.4. The van der Waals surface area contributed by atoms with Crippen LogP contribution in [0.3, 0.4) is 0 Å². The zero-order valence-electron chi connectivity index (χ0n) is 18.9. The third-order valence-electron chi connectivity index (χ3n) is 5.65. The summed E-state index contributed by atoms with van der Waals surface area (Å²) in [5.74, 6) is 0.233. The van der Waals surface area contributed by atoms with Gasteiger partial charge in [-0.15, -0.1) is 0 Å². The summed E-state index contributed by atoms with van der Waals surface area (Å²) in [5.41, 5.74) is -0.760. The Bertz CT molecular complexity index is 691. The summed E-state index contributed by atoms with van der Waals surface area (Å²) in [6.45, 7) is 13.8. The third kappa shape index (κ3) is 6.46. The summed E-state index contributed by atoms with van der Waals surface area (Å²) >= 11 is 0. The minimum Gasteiger partial charge on any atom is -0.444 e. The average molecular weight is 405 g/mol. The lowest BCUT2D eigenvalue weighted by Crippen LogP contribution is -2.53. The van der Waals surface area contributed by atoms with Gasteiger partial charge in [0.05, 0.1) is 11.2 Å². The van der Waals surface area contributed by atoms with Gasteiger partial charge in [-0.25, -0.2) is 4.79 Å². The lowest BCUT2D eigenvalue weighted by molar-refractivity contribution is -0.0982. The number of piperidine rings is 1. The highest BCUT2D eigenvalue weighted by Gasteiger charge is 2.39. The van der Waals surface area contributed by atoms with E-state index >= 15 is 0 Å². The van der Waals surface area contributed by atoms with Crippen molar-refractivity contribution in [1.82, 2.24) is 4.90 Å². The van der Waals surface area contributed by atoms with Crippen molar-refractivity contribution in [2.75, 3.05) is 13.1 Å². The van der Waals surface area contributed by atoms with Gasteiger partial charge in [-0.1, -0.05) is 24.3 Å². The molecule has 0 spiro atoms. The van der Waals surface area contributed by atoms with Gasteiger partial charge in [-0.05, 0) is 72.3 Å². The number of carbonyl (C=O) groups is 1. The van der Waals surface area contributed by atoms with Crippen LogP contribution in [0.4, 0.5) is 4.79 Å². The van der Waals surface area contributed by atoms with Crippen LogP contribution in [0.2, 0.25) is 0 Å². The molecule has 1 fully saturated rings. The van der Waals surface area contributed by atoms with Gasteiger partial charge >= 0.3 is 13.2 Å². The Morgan fingerprint density at radius 3 is 2.21 bits per heavy atom. The molecule has 1 aromatic rings. The van der Waals surface area contributed by atoms with Gasteiger partial charge in [-0.3, -0.25) is 0 Å². The van der Waals surface area contributed by atoms with Crippen LogP contribution in [0.1, 0.15) is 72.8 Å². The molecule has 2 N–H and O–H groups in total. The van der Waals surface area contributed by atoms with Gasteiger partial charge in [0.25, 0.3) is 0 Å². The molecule has 0 aliphatic carbocycles. The van der Waals surface area contributed by atoms with Crippen LogP contribution >= 0.6 is 0 Å². The van der Waals surface area contributed by atoms with Gasteiger partial charge in [0.1, 0.15) is 5.60 Å². The van der Waals surface area contributed by atoms with Crippen LogP contribution in [0.15, 0.2) is 24.3 Å². The van der Waals surface area contributed by atoms with Crippen molar-refractivity contribution in [3.05, 3.63) is 29.8 Å². The first-order valence-electron chi connectivity index (χ1n) is 10.4. The fourth-order valence-electron chi connectivity index (χ4n) is 3.17. The minimum absolute atomic E-state index is 0.233. The molecule has 1 aliphatic heterocycles. The first-order chi connectivity index (χ1) is 13.2. The highest BCUT2D eigenvalue weighted by Crippen LogP contribution is 2.28. The second-order valence-corrected chi connectivity index (χ2v) is 9.97. The number of aliphatic hydroxyl groups is 1. The van der Waals surface area contributed by atoms with Crippen LogP contribution in [-0.2, 0) is 9.39 Å². The number of hydrogen-bond acceptors (Lipinski definition) is 5. The van der Waals surface area contributed by atoms with Gasteiger partial charge in [0.2, 0.25) is 0 Å². The molecule has 1 atom stereocenters. The summed E-state index contributed by atoms with van der Waals surface area (Å²) in [4.78, 5) is 14.2. The molecule has 1 aromatic carbocycles. The lowest BCUT2D eigenvalue weighted by atomic mass is 9.75. The maximum Gasteiger partial charge on any atom is 0.491 e. The van der Waals surface area contributed by atoms with Crippen molar-refractivity contribution >= 4 is 18.7 Å². The molecular weight excluding hydrogens is 369 g/mol. The Hall–Kier alpha value is -1.57. The van der Waals surface area contributed by atoms with E-state index in [2.05, 4.69) is 0 Å². The molecule has 1 aliphatic rings. The highest BCUT2D eigenvalue weighted by atomic mass is 16.6. The Labute approximate surface area is 175 Å². The van der Waals surface area contributed by atoms with Crippen molar-refractivity contribution in [1.29, 1.82) is 0 Å². The Morgan fingerprint density at radius 2 is 1.69 bits per heavy atom. The minimum atomic E-state index is -1.13. The Kier molecular flexibility index (Phi) is 7.08. The van der Waals surface area contributed by atoms with Crippen LogP contribution in [0.25, 0.3) is 0 Å². The van der Waals surface area contributed by atoms with E-state index in [0.29, 0.717) is 18.6 Å². The number of rotatable bonds is 5. The lowest BCUT2D eigenvalue weighted by Gasteiger charge is -2.38. The summed E-state index contributed by atoms with van der Waals surface area (Å²) in [6.07, 6.45) is 1.66. The van der Waals surface area contributed by atoms with Crippen LogP contribution in [-0.4, -0.2) is 58.1 Å². The average Bonchev–Trinajstić information content (AvgIpc) is 2.59. The summed E-state index contributed by atoms with van der Waals surface area (Å²) in [7, 11) is -1.13. The molecule has 0 radical (unpaired) electrons. The normalized spacial score (nSPS) is 18.5. The zero-order valence-corrected chi connectivity index (χ0v) is 18.9. The van der Waals surface area contributed by atoms with E-state index in [1.54, 1.807) is 32.6 Å². The third-order valence-corrected chi connectivity index (χ3v) is 5.65. The number of hydrogen-bond donors (Lipinski definition) is 2. The smallest absolute Gasteiger partial charge is 0.444 e. The maximum atomic E-state index is 12.4. The van der Waals surface area contributed by atoms with Crippen molar-refractivity contribution in [3.8, 4) is 0 Å². The van der Waals surface area contributed by atoms with Gasteiger partial charge in [0.15, 0.2) is 0 Å². The molecule has 0 saturated carbocycles. The van der Waals surface area contributed by atoms with E-state index in [4.69, 9.17) is 9.39 Å². The zero-order chi connectivity index (χ0) is 22.0. The van der Waals surface area contributed by atoms with Crippen molar-refractivity contribution < 1.29 is 24.3 Å². The van der Waals surface area contributed by atoms with E-state index in [1.807, 2.05) is 45.0 Å². The second-order valence-electron chi connectivity index (χ2n) is 9.97. The van der Waals surface area contributed by atoms with Crippen LogP contribution in [0.5, 0.6) is 0 Å². The number of nitrogens with zero attached hydrogens (tertiary/aromatic N) is 1. The predicted octanol–water partition coefficient (Wildman–Crippen LogP) is 3.05. The Morgan fingerprint density at radius 1 is 1.10 bits per heavy atom. The molecule has 1 unspecified atom stereocenters. The van der Waals surface area contributed by atoms with Crippen LogP contribution in [0, 0.1) is 0 Å². The largest absolute Gasteiger partial charge is 0.491 e. The first kappa shape index (κ1) is 23.7. The molecule has 2 rings (SSSR count). The molecule has 1 amide bonds. The molecule has 7 heteroatoms. The summed E-state index contributed by atoms with van der Waals surface area (Å²) in [5, 5.41) is 20.7. The number of benzene rings is 1. The molecule has 1 heterocycles. The highest BCUT2D eigenvalue weighted by molar-refractivity contribution is 6.60. The van der Waals surface area contributed by atoms with E-state index in [9.17, 15) is 14.9 Å². The molecule has 162 valence electrons.